The summed E-state index contributed by atoms with van der Waals surface area (Å²) >= 11 is 0. The first-order valence-electron chi connectivity index (χ1n) is 8.62. The molecule has 26 heavy (non-hydrogen) atoms. The molecule has 3 rings (SSSR count). The fourth-order valence-electron chi connectivity index (χ4n) is 3.37. The molecule has 0 aromatic heterocycles. The summed E-state index contributed by atoms with van der Waals surface area (Å²) in [6.07, 6.45) is 0.786. The topological polar surface area (TPSA) is 67.4 Å². The molecule has 0 spiro atoms. The molecular formula is C21H24N2O3. The third-order valence-electron chi connectivity index (χ3n) is 4.39. The van der Waals surface area contributed by atoms with Crippen LogP contribution in [0.3, 0.4) is 0 Å². The van der Waals surface area contributed by atoms with E-state index >= 15 is 0 Å². The van der Waals surface area contributed by atoms with Crippen molar-refractivity contribution in [2.45, 2.75) is 45.9 Å². The lowest BCUT2D eigenvalue weighted by molar-refractivity contribution is -0.159. The molecule has 2 aromatic carbocycles. The lowest BCUT2D eigenvalue weighted by Crippen LogP contribution is -2.50. The van der Waals surface area contributed by atoms with Crippen LogP contribution in [0.4, 0.5) is 11.4 Å². The molecule has 0 fully saturated rings. The molecule has 136 valence electrons. The van der Waals surface area contributed by atoms with Gasteiger partial charge >= 0.3 is 5.97 Å². The van der Waals surface area contributed by atoms with Crippen molar-refractivity contribution in [1.82, 2.24) is 0 Å². The first-order valence-corrected chi connectivity index (χ1v) is 8.62. The van der Waals surface area contributed by atoms with Crippen molar-refractivity contribution in [2.24, 2.45) is 0 Å². The van der Waals surface area contributed by atoms with Crippen molar-refractivity contribution >= 4 is 23.6 Å². The Labute approximate surface area is 153 Å². The zero-order chi connectivity index (χ0) is 19.1. The number of hydrogen-bond donors (Lipinski definition) is 2. The molecule has 1 atom stereocenters. The maximum Gasteiger partial charge on any atom is 0.358 e. The van der Waals surface area contributed by atoms with Gasteiger partial charge in [-0.3, -0.25) is 4.79 Å². The predicted molar refractivity (Wildman–Crippen MR) is 103 cm³/mol. The molecule has 1 aliphatic heterocycles. The van der Waals surface area contributed by atoms with E-state index < -0.39 is 17.2 Å². The van der Waals surface area contributed by atoms with Gasteiger partial charge in [0.25, 0.3) is 0 Å². The van der Waals surface area contributed by atoms with E-state index in [0.717, 1.165) is 28.7 Å². The van der Waals surface area contributed by atoms with E-state index in [9.17, 15) is 9.59 Å². The minimum Gasteiger partial charge on any atom is -0.457 e. The second-order valence-electron chi connectivity index (χ2n) is 7.69. The van der Waals surface area contributed by atoms with Crippen LogP contribution in [0.25, 0.3) is 0 Å². The quantitative estimate of drug-likeness (QED) is 0.642. The van der Waals surface area contributed by atoms with Gasteiger partial charge in [0.15, 0.2) is 0 Å². The van der Waals surface area contributed by atoms with Gasteiger partial charge in [-0.1, -0.05) is 18.2 Å². The van der Waals surface area contributed by atoms with Crippen molar-refractivity contribution < 1.29 is 14.3 Å². The number of fused-ring (bicyclic) bond motifs is 1. The van der Waals surface area contributed by atoms with E-state index in [1.165, 1.54) is 0 Å². The molecule has 2 aromatic rings. The first-order chi connectivity index (χ1) is 12.2. The van der Waals surface area contributed by atoms with E-state index in [1.807, 2.05) is 52.8 Å². The molecule has 0 aliphatic carbocycles. The lowest BCUT2D eigenvalue weighted by Gasteiger charge is -2.34. The van der Waals surface area contributed by atoms with Gasteiger partial charge < -0.3 is 15.4 Å². The third-order valence-corrected chi connectivity index (χ3v) is 4.39. The van der Waals surface area contributed by atoms with Gasteiger partial charge in [0.1, 0.15) is 11.9 Å². The standard InChI is InChI=1S/C21H24N2O3/c1-13-7-6-8-14(2)18(13)21(19(25)26-20(3,4)5)22-16-10-9-15(12-24)11-17(16)23-21/h6-12,22-23H,1-5H3. The fraction of sp³-hybridized carbons (Fsp3) is 0.333. The van der Waals surface area contributed by atoms with Crippen LogP contribution < -0.4 is 10.6 Å². The summed E-state index contributed by atoms with van der Waals surface area (Å²) in [4.78, 5) is 24.4. The predicted octanol–water partition coefficient (Wildman–Crippen LogP) is 4.15. The Balaban J connectivity index is 2.16. The number of ether oxygens (including phenoxy) is 1. The number of benzene rings is 2. The molecule has 5 heteroatoms. The van der Waals surface area contributed by atoms with Gasteiger partial charge in [-0.25, -0.2) is 4.79 Å². The number of carbonyl (C=O) groups is 2. The summed E-state index contributed by atoms with van der Waals surface area (Å²) in [7, 11) is 0. The number of nitrogens with one attached hydrogen (secondary N) is 2. The largest absolute Gasteiger partial charge is 0.457 e. The molecule has 1 aliphatic rings. The summed E-state index contributed by atoms with van der Waals surface area (Å²) < 4.78 is 5.74. The Bertz CT molecular complexity index is 863. The molecule has 0 amide bonds. The van der Waals surface area contributed by atoms with E-state index in [1.54, 1.807) is 18.2 Å². The number of anilines is 2. The maximum absolute atomic E-state index is 13.3. The molecule has 0 radical (unpaired) electrons. The van der Waals surface area contributed by atoms with E-state index in [0.29, 0.717) is 11.3 Å². The Kier molecular flexibility index (Phi) is 4.26. The molecule has 1 heterocycles. The van der Waals surface area contributed by atoms with Crippen molar-refractivity contribution in [3.8, 4) is 0 Å². The monoisotopic (exact) mass is 352 g/mol. The SMILES string of the molecule is Cc1cccc(C)c1C1(C(=O)OC(C)(C)C)Nc2ccc(C=O)cc2N1. The average molecular weight is 352 g/mol. The highest BCUT2D eigenvalue weighted by Gasteiger charge is 2.49. The van der Waals surface area contributed by atoms with Crippen LogP contribution in [0.15, 0.2) is 36.4 Å². The third kappa shape index (κ3) is 3.05. The minimum absolute atomic E-state index is 0.411. The first kappa shape index (κ1) is 18.0. The van der Waals surface area contributed by atoms with Crippen LogP contribution in [0.2, 0.25) is 0 Å². The van der Waals surface area contributed by atoms with Gasteiger partial charge in [0.05, 0.1) is 11.4 Å². The smallest absolute Gasteiger partial charge is 0.358 e. The normalized spacial score (nSPS) is 18.5. The van der Waals surface area contributed by atoms with E-state index in [4.69, 9.17) is 4.74 Å². The van der Waals surface area contributed by atoms with E-state index in [-0.39, 0.29) is 0 Å². The van der Waals surface area contributed by atoms with Gasteiger partial charge in [0.2, 0.25) is 5.66 Å². The summed E-state index contributed by atoms with van der Waals surface area (Å²) in [6.45, 7) is 9.47. The number of hydrogen-bond acceptors (Lipinski definition) is 5. The molecule has 0 bridgehead atoms. The van der Waals surface area contributed by atoms with Crippen molar-refractivity contribution in [3.05, 3.63) is 58.7 Å². The number of carbonyl (C=O) groups excluding carboxylic acids is 2. The van der Waals surface area contributed by atoms with Crippen LogP contribution in [0.5, 0.6) is 0 Å². The number of rotatable bonds is 3. The average Bonchev–Trinajstić information content (AvgIpc) is 2.92. The van der Waals surface area contributed by atoms with Crippen molar-refractivity contribution in [1.29, 1.82) is 0 Å². The highest BCUT2D eigenvalue weighted by Crippen LogP contribution is 2.43. The number of aldehydes is 1. The van der Waals surface area contributed by atoms with Crippen LogP contribution in [0, 0.1) is 13.8 Å². The Morgan fingerprint density at radius 3 is 2.23 bits per heavy atom. The van der Waals surface area contributed by atoms with Crippen LogP contribution >= 0.6 is 0 Å². The molecule has 1 unspecified atom stereocenters. The highest BCUT2D eigenvalue weighted by molar-refractivity contribution is 5.97. The Hall–Kier alpha value is -2.82. The summed E-state index contributed by atoms with van der Waals surface area (Å²) in [5.41, 5.74) is 2.89. The van der Waals surface area contributed by atoms with Crippen molar-refractivity contribution in [3.63, 3.8) is 0 Å². The van der Waals surface area contributed by atoms with Gasteiger partial charge in [-0.05, 0) is 63.9 Å². The number of aryl methyl sites for hydroxylation is 2. The van der Waals surface area contributed by atoms with Crippen LogP contribution in [-0.2, 0) is 15.2 Å². The molecular weight excluding hydrogens is 328 g/mol. The van der Waals surface area contributed by atoms with E-state index in [2.05, 4.69) is 10.6 Å². The van der Waals surface area contributed by atoms with Crippen LogP contribution in [-0.4, -0.2) is 17.9 Å². The van der Waals surface area contributed by atoms with Crippen LogP contribution in [0.1, 0.15) is 47.8 Å². The molecule has 0 saturated carbocycles. The fourth-order valence-corrected chi connectivity index (χ4v) is 3.37. The van der Waals surface area contributed by atoms with Gasteiger partial charge in [0, 0.05) is 11.1 Å². The summed E-state index contributed by atoms with van der Waals surface area (Å²) in [6, 6.07) is 11.1. The second kappa shape index (κ2) is 6.16. The Morgan fingerprint density at radius 2 is 1.65 bits per heavy atom. The van der Waals surface area contributed by atoms with Gasteiger partial charge in [-0.15, -0.1) is 0 Å². The highest BCUT2D eigenvalue weighted by atomic mass is 16.6. The minimum atomic E-state index is -1.24. The van der Waals surface area contributed by atoms with Gasteiger partial charge in [-0.2, -0.15) is 0 Å². The summed E-state index contributed by atoms with van der Waals surface area (Å²) in [5, 5.41) is 6.62. The van der Waals surface area contributed by atoms with Crippen molar-refractivity contribution in [2.75, 3.05) is 10.6 Å². The zero-order valence-corrected chi connectivity index (χ0v) is 15.8. The zero-order valence-electron chi connectivity index (χ0n) is 15.8. The molecule has 2 N–H and O–H groups in total. The second-order valence-corrected chi connectivity index (χ2v) is 7.69. The summed E-state index contributed by atoms with van der Waals surface area (Å²) in [5.74, 6) is -0.411. The number of esters is 1. The lowest BCUT2D eigenvalue weighted by atomic mass is 9.90. The Morgan fingerprint density at radius 1 is 1.04 bits per heavy atom. The maximum atomic E-state index is 13.3. The molecule has 0 saturated heterocycles. The molecule has 5 nitrogen and oxygen atoms in total.